The lowest BCUT2D eigenvalue weighted by Crippen LogP contribution is -2.36. The summed E-state index contributed by atoms with van der Waals surface area (Å²) >= 11 is 0. The van der Waals surface area contributed by atoms with Gasteiger partial charge in [-0.05, 0) is 49.9 Å². The summed E-state index contributed by atoms with van der Waals surface area (Å²) in [7, 11) is 0. The third kappa shape index (κ3) is 3.84. The lowest BCUT2D eigenvalue weighted by molar-refractivity contribution is 0.0917. The standard InChI is InChI=1S/C23H26N4O/c1-16-13-14-20(15-17(16)2)27-22(18-9-5-3-6-10-18)25-21(26-27)23(28)24-19-11-7-4-8-12-19/h3,5-6,9-10,13-15,19H,4,7-8,11-12H2,1-2H3,(H,24,28). The summed E-state index contributed by atoms with van der Waals surface area (Å²) in [4.78, 5) is 17.4. The SMILES string of the molecule is Cc1ccc(-n2nc(C(=O)NC3CCCCC3)nc2-c2ccccc2)cc1C. The van der Waals surface area contributed by atoms with Gasteiger partial charge in [0.2, 0.25) is 5.82 Å². The summed E-state index contributed by atoms with van der Waals surface area (Å²) in [6.45, 7) is 4.16. The lowest BCUT2D eigenvalue weighted by atomic mass is 9.95. The summed E-state index contributed by atoms with van der Waals surface area (Å²) in [6, 6.07) is 16.3. The predicted octanol–water partition coefficient (Wildman–Crippen LogP) is 4.61. The van der Waals surface area contributed by atoms with Crippen molar-refractivity contribution in [2.45, 2.75) is 52.0 Å². The number of hydrogen-bond acceptors (Lipinski definition) is 3. The largest absolute Gasteiger partial charge is 0.347 e. The van der Waals surface area contributed by atoms with Crippen molar-refractivity contribution in [1.82, 2.24) is 20.1 Å². The fraction of sp³-hybridized carbons (Fsp3) is 0.348. The molecule has 2 aromatic carbocycles. The van der Waals surface area contributed by atoms with Crippen LogP contribution in [0.1, 0.15) is 53.8 Å². The molecule has 5 nitrogen and oxygen atoms in total. The number of aromatic nitrogens is 3. The van der Waals surface area contributed by atoms with Crippen molar-refractivity contribution in [3.63, 3.8) is 0 Å². The summed E-state index contributed by atoms with van der Waals surface area (Å²) in [5, 5.41) is 7.71. The van der Waals surface area contributed by atoms with E-state index in [1.165, 1.54) is 30.4 Å². The highest BCUT2D eigenvalue weighted by molar-refractivity contribution is 5.91. The Morgan fingerprint density at radius 2 is 1.75 bits per heavy atom. The number of benzene rings is 2. The van der Waals surface area contributed by atoms with E-state index in [9.17, 15) is 4.79 Å². The van der Waals surface area contributed by atoms with Crippen LogP contribution in [0.5, 0.6) is 0 Å². The van der Waals surface area contributed by atoms with Crippen LogP contribution < -0.4 is 5.32 Å². The number of hydrogen-bond donors (Lipinski definition) is 1. The molecule has 4 rings (SSSR count). The number of rotatable bonds is 4. The molecule has 0 bridgehead atoms. The monoisotopic (exact) mass is 374 g/mol. The van der Waals surface area contributed by atoms with Gasteiger partial charge in [0.05, 0.1) is 5.69 Å². The second-order valence-corrected chi connectivity index (χ2v) is 7.61. The topological polar surface area (TPSA) is 59.8 Å². The van der Waals surface area contributed by atoms with Crippen LogP contribution in [0.25, 0.3) is 17.1 Å². The highest BCUT2D eigenvalue weighted by Crippen LogP contribution is 2.23. The number of carbonyl (C=O) groups is 1. The molecule has 5 heteroatoms. The van der Waals surface area contributed by atoms with Gasteiger partial charge in [0.25, 0.3) is 5.91 Å². The second-order valence-electron chi connectivity index (χ2n) is 7.61. The van der Waals surface area contributed by atoms with Gasteiger partial charge in [-0.2, -0.15) is 0 Å². The van der Waals surface area contributed by atoms with E-state index in [1.54, 1.807) is 4.68 Å². The second kappa shape index (κ2) is 7.97. The Hall–Kier alpha value is -2.95. The van der Waals surface area contributed by atoms with E-state index >= 15 is 0 Å². The zero-order chi connectivity index (χ0) is 19.5. The van der Waals surface area contributed by atoms with E-state index in [1.807, 2.05) is 36.4 Å². The van der Waals surface area contributed by atoms with Crippen LogP contribution in [0.15, 0.2) is 48.5 Å². The Bertz CT molecular complexity index is 972. The Morgan fingerprint density at radius 1 is 1.00 bits per heavy atom. The van der Waals surface area contributed by atoms with Gasteiger partial charge in [0, 0.05) is 11.6 Å². The van der Waals surface area contributed by atoms with Crippen molar-refractivity contribution in [1.29, 1.82) is 0 Å². The zero-order valence-electron chi connectivity index (χ0n) is 16.5. The molecule has 0 radical (unpaired) electrons. The normalized spacial score (nSPS) is 14.8. The quantitative estimate of drug-likeness (QED) is 0.725. The van der Waals surface area contributed by atoms with Gasteiger partial charge in [0.1, 0.15) is 0 Å². The van der Waals surface area contributed by atoms with Crippen molar-refractivity contribution < 1.29 is 4.79 Å². The summed E-state index contributed by atoms with van der Waals surface area (Å²) < 4.78 is 1.78. The van der Waals surface area contributed by atoms with Crippen LogP contribution in [0.3, 0.4) is 0 Å². The first-order valence-corrected chi connectivity index (χ1v) is 10.0. The molecule has 28 heavy (non-hydrogen) atoms. The molecule has 1 amide bonds. The first-order chi connectivity index (χ1) is 13.6. The van der Waals surface area contributed by atoms with Gasteiger partial charge in [-0.25, -0.2) is 9.67 Å². The van der Waals surface area contributed by atoms with E-state index in [-0.39, 0.29) is 17.8 Å². The van der Waals surface area contributed by atoms with Crippen molar-refractivity contribution in [3.8, 4) is 17.1 Å². The van der Waals surface area contributed by atoms with Crippen LogP contribution in [-0.2, 0) is 0 Å². The Labute approximate surface area is 165 Å². The van der Waals surface area contributed by atoms with E-state index in [2.05, 4.69) is 41.4 Å². The molecule has 0 spiro atoms. The maximum atomic E-state index is 12.8. The minimum atomic E-state index is -0.188. The van der Waals surface area contributed by atoms with Gasteiger partial charge >= 0.3 is 0 Å². The molecule has 0 aliphatic heterocycles. The number of amides is 1. The van der Waals surface area contributed by atoms with Crippen LogP contribution in [0, 0.1) is 13.8 Å². The fourth-order valence-electron chi connectivity index (χ4n) is 3.72. The molecule has 0 saturated heterocycles. The number of nitrogens with one attached hydrogen (secondary N) is 1. The fourth-order valence-corrected chi connectivity index (χ4v) is 3.72. The Kier molecular flexibility index (Phi) is 5.24. The van der Waals surface area contributed by atoms with Gasteiger partial charge in [-0.3, -0.25) is 4.79 Å². The summed E-state index contributed by atoms with van der Waals surface area (Å²) in [5.74, 6) is 0.715. The molecular formula is C23H26N4O. The predicted molar refractivity (Wildman–Crippen MR) is 111 cm³/mol. The lowest BCUT2D eigenvalue weighted by Gasteiger charge is -2.21. The molecule has 1 heterocycles. The summed E-state index contributed by atoms with van der Waals surface area (Å²) in [5.41, 5.74) is 4.25. The van der Waals surface area contributed by atoms with Gasteiger partial charge in [-0.1, -0.05) is 55.7 Å². The van der Waals surface area contributed by atoms with Crippen molar-refractivity contribution >= 4 is 5.91 Å². The molecule has 1 aromatic heterocycles. The molecule has 0 atom stereocenters. The highest BCUT2D eigenvalue weighted by atomic mass is 16.2. The number of aryl methyl sites for hydroxylation is 2. The molecule has 1 saturated carbocycles. The molecule has 1 aliphatic carbocycles. The average molecular weight is 374 g/mol. The Balaban J connectivity index is 1.71. The minimum Gasteiger partial charge on any atom is -0.347 e. The van der Waals surface area contributed by atoms with Gasteiger partial charge in [0.15, 0.2) is 5.82 Å². The molecule has 1 N–H and O–H groups in total. The van der Waals surface area contributed by atoms with E-state index in [0.29, 0.717) is 5.82 Å². The minimum absolute atomic E-state index is 0.188. The third-order valence-electron chi connectivity index (χ3n) is 5.52. The average Bonchev–Trinajstić information content (AvgIpc) is 3.17. The number of carbonyl (C=O) groups excluding carboxylic acids is 1. The van der Waals surface area contributed by atoms with Crippen LogP contribution in [0.2, 0.25) is 0 Å². The van der Waals surface area contributed by atoms with Gasteiger partial charge in [-0.15, -0.1) is 5.10 Å². The smallest absolute Gasteiger partial charge is 0.291 e. The van der Waals surface area contributed by atoms with Crippen LogP contribution in [-0.4, -0.2) is 26.7 Å². The first kappa shape index (κ1) is 18.4. The number of nitrogens with zero attached hydrogens (tertiary/aromatic N) is 3. The maximum absolute atomic E-state index is 12.8. The van der Waals surface area contributed by atoms with Crippen LogP contribution in [0.4, 0.5) is 0 Å². The van der Waals surface area contributed by atoms with E-state index in [4.69, 9.17) is 0 Å². The van der Waals surface area contributed by atoms with E-state index in [0.717, 1.165) is 24.1 Å². The first-order valence-electron chi connectivity index (χ1n) is 10.0. The molecular weight excluding hydrogens is 348 g/mol. The highest BCUT2D eigenvalue weighted by Gasteiger charge is 2.22. The van der Waals surface area contributed by atoms with Gasteiger partial charge < -0.3 is 5.32 Å². The van der Waals surface area contributed by atoms with E-state index < -0.39 is 0 Å². The van der Waals surface area contributed by atoms with Crippen molar-refractivity contribution in [2.75, 3.05) is 0 Å². The van der Waals surface area contributed by atoms with Crippen LogP contribution >= 0.6 is 0 Å². The summed E-state index contributed by atoms with van der Waals surface area (Å²) in [6.07, 6.45) is 5.67. The molecule has 0 unspecified atom stereocenters. The molecule has 144 valence electrons. The molecule has 1 aliphatic rings. The maximum Gasteiger partial charge on any atom is 0.291 e. The van der Waals surface area contributed by atoms with Crippen molar-refractivity contribution in [3.05, 3.63) is 65.5 Å². The Morgan fingerprint density at radius 3 is 2.46 bits per heavy atom. The van der Waals surface area contributed by atoms with Crippen molar-refractivity contribution in [2.24, 2.45) is 0 Å². The zero-order valence-corrected chi connectivity index (χ0v) is 16.5. The molecule has 3 aromatic rings. The third-order valence-corrected chi connectivity index (χ3v) is 5.52. The molecule has 1 fully saturated rings.